The Balaban J connectivity index is 1.34. The van der Waals surface area contributed by atoms with Crippen LogP contribution in [0, 0.1) is 0 Å². The zero-order valence-electron chi connectivity index (χ0n) is 17.1. The van der Waals surface area contributed by atoms with Crippen molar-refractivity contribution in [1.82, 2.24) is 4.98 Å². The highest BCUT2D eigenvalue weighted by Gasteiger charge is 2.15. The minimum absolute atomic E-state index is 0.0817. The Morgan fingerprint density at radius 2 is 1.67 bits per heavy atom. The zero-order valence-corrected chi connectivity index (χ0v) is 20.3. The minimum atomic E-state index is -3.74. The van der Waals surface area contributed by atoms with Crippen LogP contribution in [0.4, 0.5) is 10.8 Å². The van der Waals surface area contributed by atoms with Crippen LogP contribution in [0.2, 0.25) is 5.02 Å². The average Bonchev–Trinajstić information content (AvgIpc) is 3.32. The number of amides is 1. The summed E-state index contributed by atoms with van der Waals surface area (Å²) in [7, 11) is -3.74. The van der Waals surface area contributed by atoms with Gasteiger partial charge in [0.2, 0.25) is 0 Å². The molecule has 0 aliphatic carbocycles. The molecule has 6 nitrogen and oxygen atoms in total. The van der Waals surface area contributed by atoms with Gasteiger partial charge in [-0.05, 0) is 66.2 Å². The van der Waals surface area contributed by atoms with Crippen molar-refractivity contribution in [2.45, 2.75) is 15.5 Å². The smallest absolute Gasteiger partial charge is 0.263 e. The van der Waals surface area contributed by atoms with Crippen LogP contribution >= 0.6 is 34.7 Å². The molecule has 0 aliphatic rings. The van der Waals surface area contributed by atoms with Gasteiger partial charge in [-0.1, -0.05) is 23.7 Å². The van der Waals surface area contributed by atoms with Crippen LogP contribution in [0.15, 0.2) is 94.2 Å². The molecule has 1 heterocycles. The number of anilines is 2. The number of aromatic nitrogens is 1. The number of hydrogen-bond acceptors (Lipinski definition) is 6. The lowest BCUT2D eigenvalue weighted by molar-refractivity contribution is 0.102. The summed E-state index contributed by atoms with van der Waals surface area (Å²) in [4.78, 5) is 17.7. The topological polar surface area (TPSA) is 88.2 Å². The Bertz CT molecular complexity index is 1320. The van der Waals surface area contributed by atoms with Gasteiger partial charge in [0.15, 0.2) is 5.13 Å². The van der Waals surface area contributed by atoms with Crippen LogP contribution in [-0.2, 0) is 15.8 Å². The van der Waals surface area contributed by atoms with Gasteiger partial charge in [0, 0.05) is 38.5 Å². The van der Waals surface area contributed by atoms with E-state index in [0.29, 0.717) is 21.4 Å². The fourth-order valence-electron chi connectivity index (χ4n) is 2.82. The molecular formula is C23H18ClN3O3S3. The first-order valence-corrected chi connectivity index (χ1v) is 13.4. The third-order valence-corrected chi connectivity index (χ3v) is 8.02. The predicted octanol–water partition coefficient (Wildman–Crippen LogP) is 6.14. The van der Waals surface area contributed by atoms with Crippen molar-refractivity contribution in [2.75, 3.05) is 10.0 Å². The van der Waals surface area contributed by atoms with Crippen LogP contribution in [0.25, 0.3) is 0 Å². The molecule has 0 spiro atoms. The predicted molar refractivity (Wildman–Crippen MR) is 135 cm³/mol. The van der Waals surface area contributed by atoms with E-state index in [0.717, 1.165) is 16.2 Å². The van der Waals surface area contributed by atoms with Crippen molar-refractivity contribution >= 4 is 61.4 Å². The van der Waals surface area contributed by atoms with Crippen molar-refractivity contribution in [2.24, 2.45) is 0 Å². The van der Waals surface area contributed by atoms with Gasteiger partial charge in [0.25, 0.3) is 15.9 Å². The van der Waals surface area contributed by atoms with E-state index in [1.165, 1.54) is 29.7 Å². The van der Waals surface area contributed by atoms with Gasteiger partial charge in [0.1, 0.15) is 0 Å². The van der Waals surface area contributed by atoms with Crippen LogP contribution in [0.1, 0.15) is 15.9 Å². The molecule has 0 bridgehead atoms. The van der Waals surface area contributed by atoms with Gasteiger partial charge in [-0.3, -0.25) is 9.52 Å². The Hall–Kier alpha value is -2.85. The van der Waals surface area contributed by atoms with E-state index < -0.39 is 10.0 Å². The summed E-state index contributed by atoms with van der Waals surface area (Å²) < 4.78 is 27.2. The SMILES string of the molecule is O=C(Nc1ccc(S(=O)(=O)Nc2nccs2)cc1)c1ccc(CSc2ccc(Cl)cc2)cc1. The number of nitrogens with one attached hydrogen (secondary N) is 2. The maximum atomic E-state index is 12.6. The van der Waals surface area contributed by atoms with Gasteiger partial charge >= 0.3 is 0 Å². The second-order valence-electron chi connectivity index (χ2n) is 6.86. The van der Waals surface area contributed by atoms with E-state index in [1.807, 2.05) is 36.4 Å². The van der Waals surface area contributed by atoms with Gasteiger partial charge < -0.3 is 5.32 Å². The first kappa shape index (κ1) is 23.3. The standard InChI is InChI=1S/C23H18ClN3O3S3/c24-18-5-9-20(10-6-18)32-15-16-1-3-17(4-2-16)22(28)26-19-7-11-21(12-8-19)33(29,30)27-23-25-13-14-31-23/h1-14H,15H2,(H,25,27)(H,26,28). The molecule has 0 aliphatic heterocycles. The molecule has 10 heteroatoms. The number of halogens is 1. The van der Waals surface area contributed by atoms with Crippen molar-refractivity contribution in [3.05, 3.63) is 101 Å². The Kier molecular flexibility index (Phi) is 7.34. The van der Waals surface area contributed by atoms with Gasteiger partial charge in [-0.2, -0.15) is 0 Å². The normalized spacial score (nSPS) is 11.2. The molecule has 2 N–H and O–H groups in total. The van der Waals surface area contributed by atoms with Crippen LogP contribution in [0.5, 0.6) is 0 Å². The second kappa shape index (κ2) is 10.4. The molecule has 1 amide bonds. The summed E-state index contributed by atoms with van der Waals surface area (Å²) in [6, 6.07) is 21.0. The van der Waals surface area contributed by atoms with Crippen molar-refractivity contribution < 1.29 is 13.2 Å². The first-order valence-electron chi connectivity index (χ1n) is 9.70. The van der Waals surface area contributed by atoms with Crippen molar-refractivity contribution in [1.29, 1.82) is 0 Å². The summed E-state index contributed by atoms with van der Waals surface area (Å²) in [5.41, 5.74) is 2.10. The molecule has 168 valence electrons. The molecular weight excluding hydrogens is 498 g/mol. The molecule has 0 atom stereocenters. The van der Waals surface area contributed by atoms with Gasteiger partial charge in [-0.15, -0.1) is 23.1 Å². The quantitative estimate of drug-likeness (QED) is 0.275. The van der Waals surface area contributed by atoms with Crippen molar-refractivity contribution in [3.8, 4) is 0 Å². The number of benzene rings is 3. The first-order chi connectivity index (χ1) is 15.9. The van der Waals surface area contributed by atoms with E-state index in [-0.39, 0.29) is 10.8 Å². The molecule has 4 rings (SSSR count). The lowest BCUT2D eigenvalue weighted by Crippen LogP contribution is -2.14. The monoisotopic (exact) mass is 515 g/mol. The van der Waals surface area contributed by atoms with Crippen LogP contribution in [0.3, 0.4) is 0 Å². The summed E-state index contributed by atoms with van der Waals surface area (Å²) in [5, 5.41) is 5.47. The number of nitrogens with zero attached hydrogens (tertiary/aromatic N) is 1. The lowest BCUT2D eigenvalue weighted by Gasteiger charge is -2.09. The number of carbonyl (C=O) groups is 1. The lowest BCUT2D eigenvalue weighted by atomic mass is 10.1. The van der Waals surface area contributed by atoms with E-state index in [2.05, 4.69) is 15.0 Å². The molecule has 1 aromatic heterocycles. The average molecular weight is 516 g/mol. The Morgan fingerprint density at radius 1 is 0.970 bits per heavy atom. The number of rotatable bonds is 8. The highest BCUT2D eigenvalue weighted by Crippen LogP contribution is 2.25. The van der Waals surface area contributed by atoms with E-state index in [1.54, 1.807) is 41.4 Å². The molecule has 4 aromatic rings. The van der Waals surface area contributed by atoms with Crippen molar-refractivity contribution in [3.63, 3.8) is 0 Å². The third-order valence-electron chi connectivity index (χ3n) is 4.51. The highest BCUT2D eigenvalue weighted by molar-refractivity contribution is 7.98. The highest BCUT2D eigenvalue weighted by atomic mass is 35.5. The molecule has 0 radical (unpaired) electrons. The molecule has 3 aromatic carbocycles. The number of carbonyl (C=O) groups excluding carboxylic acids is 1. The third kappa shape index (κ3) is 6.35. The van der Waals surface area contributed by atoms with Crippen LogP contribution < -0.4 is 10.0 Å². The number of hydrogen-bond donors (Lipinski definition) is 2. The summed E-state index contributed by atoms with van der Waals surface area (Å²) >= 11 is 8.79. The molecule has 0 saturated heterocycles. The minimum Gasteiger partial charge on any atom is -0.322 e. The van der Waals surface area contributed by atoms with Crippen LogP contribution in [-0.4, -0.2) is 19.3 Å². The van der Waals surface area contributed by atoms with Gasteiger partial charge in [-0.25, -0.2) is 13.4 Å². The number of thiazole rings is 1. The maximum absolute atomic E-state index is 12.6. The number of sulfonamides is 1. The molecule has 0 saturated carbocycles. The maximum Gasteiger partial charge on any atom is 0.263 e. The van der Waals surface area contributed by atoms with E-state index in [9.17, 15) is 13.2 Å². The molecule has 0 fully saturated rings. The molecule has 33 heavy (non-hydrogen) atoms. The second-order valence-corrected chi connectivity index (χ2v) is 10.9. The number of thioether (sulfide) groups is 1. The van der Waals surface area contributed by atoms with Gasteiger partial charge in [0.05, 0.1) is 4.90 Å². The zero-order chi connectivity index (χ0) is 23.3. The fraction of sp³-hybridized carbons (Fsp3) is 0.0435. The summed E-state index contributed by atoms with van der Waals surface area (Å²) in [6.45, 7) is 0. The molecule has 0 unspecified atom stereocenters. The van der Waals surface area contributed by atoms with E-state index in [4.69, 9.17) is 11.6 Å². The summed E-state index contributed by atoms with van der Waals surface area (Å²) in [5.74, 6) is 0.498. The van der Waals surface area contributed by atoms with E-state index >= 15 is 0 Å². The summed E-state index contributed by atoms with van der Waals surface area (Å²) in [6.07, 6.45) is 1.52. The Morgan fingerprint density at radius 3 is 2.30 bits per heavy atom. The largest absolute Gasteiger partial charge is 0.322 e. The fourth-order valence-corrected chi connectivity index (χ4v) is 5.59. The Labute approximate surface area is 205 Å².